The van der Waals surface area contributed by atoms with Gasteiger partial charge in [0.05, 0.1) is 31.3 Å². The van der Waals surface area contributed by atoms with Crippen LogP contribution in [-0.4, -0.2) is 16.5 Å². The number of benzene rings is 2. The van der Waals surface area contributed by atoms with E-state index < -0.39 is 0 Å². The Bertz CT molecular complexity index is 1530. The van der Waals surface area contributed by atoms with Crippen LogP contribution >= 0.6 is 0 Å². The lowest BCUT2D eigenvalue weighted by atomic mass is 9.89. The van der Waals surface area contributed by atoms with E-state index in [4.69, 9.17) is 9.72 Å². The van der Waals surface area contributed by atoms with Crippen molar-refractivity contribution in [2.45, 2.75) is 47.5 Å². The van der Waals surface area contributed by atoms with Crippen LogP contribution in [0.15, 0.2) is 54.9 Å². The maximum Gasteiger partial charge on any atom is 0.297 e. The Morgan fingerprint density at radius 2 is 1.60 bits per heavy atom. The Labute approximate surface area is 208 Å². The first kappa shape index (κ1) is 23.3. The van der Waals surface area contributed by atoms with Crippen molar-refractivity contribution in [1.82, 2.24) is 9.38 Å². The van der Waals surface area contributed by atoms with Crippen molar-refractivity contribution in [1.29, 1.82) is 0 Å². The van der Waals surface area contributed by atoms with Gasteiger partial charge in [0, 0.05) is 16.5 Å². The third-order valence-electron chi connectivity index (χ3n) is 6.99. The second kappa shape index (κ2) is 8.99. The molecule has 0 amide bonds. The second-order valence-electron chi connectivity index (χ2n) is 10.6. The van der Waals surface area contributed by atoms with Gasteiger partial charge in [-0.1, -0.05) is 58.0 Å². The first-order valence-electron chi connectivity index (χ1n) is 12.7. The molecule has 2 aromatic carbocycles. The number of hydrogen-bond donors (Lipinski definition) is 0. The zero-order valence-corrected chi connectivity index (χ0v) is 22.0. The Morgan fingerprint density at radius 1 is 0.943 bits per heavy atom. The van der Waals surface area contributed by atoms with Gasteiger partial charge < -0.3 is 4.74 Å². The molecule has 0 N–H and O–H groups in total. The summed E-state index contributed by atoms with van der Waals surface area (Å²) in [6.07, 6.45) is 6.27. The standard InChI is InChI=1S/C31H36N3O/c1-19(2)15-22-11-10-12-23(16-20(3)4)29(22)26-18-33(6)31-28-21(5)27(35-7)17-32-30(28)24-13-8-9-14-25(24)34(26)31/h8-14,17-20H,15-16H2,1-7H3/q+1. The quantitative estimate of drug-likeness (QED) is 0.202. The number of rotatable bonds is 6. The summed E-state index contributed by atoms with van der Waals surface area (Å²) in [4.78, 5) is 4.88. The number of pyridine rings is 2. The van der Waals surface area contributed by atoms with Crippen molar-refractivity contribution >= 4 is 27.5 Å². The van der Waals surface area contributed by atoms with E-state index in [9.17, 15) is 0 Å². The second-order valence-corrected chi connectivity index (χ2v) is 10.6. The van der Waals surface area contributed by atoms with Gasteiger partial charge in [-0.05, 0) is 54.9 Å². The fourth-order valence-electron chi connectivity index (χ4n) is 5.62. The fourth-order valence-corrected chi connectivity index (χ4v) is 5.62. The van der Waals surface area contributed by atoms with Crippen molar-refractivity contribution in [2.75, 3.05) is 7.11 Å². The number of nitrogens with zero attached hydrogens (tertiary/aromatic N) is 3. The summed E-state index contributed by atoms with van der Waals surface area (Å²) in [6, 6.07) is 15.5. The monoisotopic (exact) mass is 466 g/mol. The lowest BCUT2D eigenvalue weighted by Gasteiger charge is -2.16. The maximum atomic E-state index is 5.69. The molecule has 0 spiro atoms. The molecular formula is C31H36N3O+. The summed E-state index contributed by atoms with van der Waals surface area (Å²) in [7, 11) is 3.87. The molecule has 4 heteroatoms. The molecule has 0 aliphatic rings. The molecule has 3 aromatic heterocycles. The van der Waals surface area contributed by atoms with Gasteiger partial charge in [-0.25, -0.2) is 4.57 Å². The van der Waals surface area contributed by atoms with Crippen molar-refractivity contribution in [3.05, 3.63) is 71.5 Å². The molecule has 35 heavy (non-hydrogen) atoms. The molecule has 180 valence electrons. The number of ether oxygens (including phenoxy) is 1. The van der Waals surface area contributed by atoms with Crippen LogP contribution in [0.25, 0.3) is 38.7 Å². The molecule has 0 saturated carbocycles. The number of hydrogen-bond acceptors (Lipinski definition) is 2. The molecule has 4 nitrogen and oxygen atoms in total. The van der Waals surface area contributed by atoms with E-state index >= 15 is 0 Å². The third-order valence-corrected chi connectivity index (χ3v) is 6.99. The highest BCUT2D eigenvalue weighted by Crippen LogP contribution is 2.38. The van der Waals surface area contributed by atoms with Crippen LogP contribution in [0.5, 0.6) is 5.75 Å². The highest BCUT2D eigenvalue weighted by molar-refractivity contribution is 6.11. The number of methoxy groups -OCH3 is 1. The van der Waals surface area contributed by atoms with E-state index in [1.54, 1.807) is 7.11 Å². The largest absolute Gasteiger partial charge is 0.495 e. The van der Waals surface area contributed by atoms with Crippen LogP contribution < -0.4 is 9.30 Å². The zero-order chi connectivity index (χ0) is 24.9. The van der Waals surface area contributed by atoms with Crippen LogP contribution in [0.1, 0.15) is 44.4 Å². The Hall–Kier alpha value is -3.40. The van der Waals surface area contributed by atoms with Gasteiger partial charge in [0.2, 0.25) is 0 Å². The smallest absolute Gasteiger partial charge is 0.297 e. The van der Waals surface area contributed by atoms with Crippen LogP contribution in [0, 0.1) is 18.8 Å². The molecule has 0 aliphatic carbocycles. The summed E-state index contributed by atoms with van der Waals surface area (Å²) < 4.78 is 10.4. The van der Waals surface area contributed by atoms with E-state index in [1.165, 1.54) is 27.9 Å². The molecule has 0 fully saturated rings. The molecule has 0 aliphatic heterocycles. The van der Waals surface area contributed by atoms with E-state index in [-0.39, 0.29) is 0 Å². The lowest BCUT2D eigenvalue weighted by molar-refractivity contribution is -0.643. The van der Waals surface area contributed by atoms with Gasteiger partial charge in [0.1, 0.15) is 17.5 Å². The predicted octanol–water partition coefficient (Wildman–Crippen LogP) is 6.85. The summed E-state index contributed by atoms with van der Waals surface area (Å²) in [5, 5.41) is 2.30. The number of aromatic nitrogens is 3. The van der Waals surface area contributed by atoms with E-state index in [0.29, 0.717) is 11.8 Å². The van der Waals surface area contributed by atoms with Crippen molar-refractivity contribution in [3.8, 4) is 17.0 Å². The van der Waals surface area contributed by atoms with Crippen molar-refractivity contribution < 1.29 is 9.30 Å². The summed E-state index contributed by atoms with van der Waals surface area (Å²) >= 11 is 0. The first-order valence-corrected chi connectivity index (χ1v) is 12.7. The van der Waals surface area contributed by atoms with Crippen LogP contribution in [0.4, 0.5) is 0 Å². The molecular weight excluding hydrogens is 430 g/mol. The Balaban J connectivity index is 1.99. The summed E-state index contributed by atoms with van der Waals surface area (Å²) in [5.74, 6) is 1.98. The predicted molar refractivity (Wildman–Crippen MR) is 145 cm³/mol. The minimum atomic E-state index is 0.580. The molecule has 3 heterocycles. The lowest BCUT2D eigenvalue weighted by Crippen LogP contribution is -2.26. The van der Waals surface area contributed by atoms with Gasteiger partial charge in [0.25, 0.3) is 5.65 Å². The first-order chi connectivity index (χ1) is 16.8. The van der Waals surface area contributed by atoms with E-state index in [0.717, 1.165) is 46.1 Å². The molecule has 5 rings (SSSR count). The maximum absolute atomic E-state index is 5.69. The Morgan fingerprint density at radius 3 is 2.23 bits per heavy atom. The number of fused-ring (bicyclic) bond motifs is 6. The Kier molecular flexibility index (Phi) is 6.00. The number of imidazole rings is 1. The van der Waals surface area contributed by atoms with Crippen molar-refractivity contribution in [3.63, 3.8) is 0 Å². The summed E-state index contributed by atoms with van der Waals surface area (Å²) in [5.41, 5.74) is 9.92. The zero-order valence-electron chi connectivity index (χ0n) is 22.0. The molecule has 0 radical (unpaired) electrons. The topological polar surface area (TPSA) is 30.4 Å². The third kappa shape index (κ3) is 3.85. The molecule has 0 saturated heterocycles. The summed E-state index contributed by atoms with van der Waals surface area (Å²) in [6.45, 7) is 11.4. The SMILES string of the molecule is COc1cnc2c3ccccc3n3c(-c4c(CC(C)C)cccc4CC(C)C)c[n+](C)c3c2c1C. The molecule has 0 unspecified atom stereocenters. The average molecular weight is 467 g/mol. The van der Waals surface area contributed by atoms with Gasteiger partial charge >= 0.3 is 0 Å². The number of aryl methyl sites for hydroxylation is 2. The fraction of sp³-hybridized carbons (Fsp3) is 0.355. The number of para-hydroxylation sites is 1. The van der Waals surface area contributed by atoms with Gasteiger partial charge in [-0.15, -0.1) is 0 Å². The van der Waals surface area contributed by atoms with E-state index in [2.05, 4.69) is 99.3 Å². The van der Waals surface area contributed by atoms with Gasteiger partial charge in [0.15, 0.2) is 5.69 Å². The van der Waals surface area contributed by atoms with Crippen LogP contribution in [-0.2, 0) is 19.9 Å². The molecule has 0 bridgehead atoms. The molecule has 5 aromatic rings. The highest BCUT2D eigenvalue weighted by Gasteiger charge is 2.28. The normalized spacial score (nSPS) is 12.0. The van der Waals surface area contributed by atoms with E-state index in [1.807, 2.05) is 6.20 Å². The minimum absolute atomic E-state index is 0.580. The minimum Gasteiger partial charge on any atom is -0.495 e. The van der Waals surface area contributed by atoms with Crippen LogP contribution in [0.3, 0.4) is 0 Å². The van der Waals surface area contributed by atoms with Crippen molar-refractivity contribution in [2.24, 2.45) is 18.9 Å². The highest BCUT2D eigenvalue weighted by atomic mass is 16.5. The van der Waals surface area contributed by atoms with Gasteiger partial charge in [-0.2, -0.15) is 4.40 Å². The average Bonchev–Trinajstić information content (AvgIpc) is 3.15. The van der Waals surface area contributed by atoms with Gasteiger partial charge in [-0.3, -0.25) is 4.98 Å². The van der Waals surface area contributed by atoms with Crippen LogP contribution in [0.2, 0.25) is 0 Å². The molecule has 0 atom stereocenters.